The van der Waals surface area contributed by atoms with Crippen molar-refractivity contribution in [2.45, 2.75) is 44.8 Å². The van der Waals surface area contributed by atoms with Crippen LogP contribution in [0.3, 0.4) is 0 Å². The Balaban J connectivity index is 2.09. The van der Waals surface area contributed by atoms with E-state index in [1.165, 1.54) is 0 Å². The summed E-state index contributed by atoms with van der Waals surface area (Å²) in [6.45, 7) is 8.33. The lowest BCUT2D eigenvalue weighted by Crippen LogP contribution is -2.31. The number of cyclic esters (lactones) is 1. The molecule has 1 aliphatic rings. The number of nitrogens with zero attached hydrogens (tertiary/aromatic N) is 1. The zero-order valence-electron chi connectivity index (χ0n) is 17.9. The maximum absolute atomic E-state index is 12.9. The van der Waals surface area contributed by atoms with Gasteiger partial charge in [-0.1, -0.05) is 92.5 Å². The fraction of sp³-hybridized carbons (Fsp3) is 0.280. The van der Waals surface area contributed by atoms with Crippen LogP contribution >= 0.6 is 0 Å². The summed E-state index contributed by atoms with van der Waals surface area (Å²) in [5.41, 5.74) is 5.19. The van der Waals surface area contributed by atoms with Crippen LogP contribution in [0.5, 0.6) is 0 Å². The SMILES string of the molecule is C/C=C/[C@@H](O)C(=C=CN1C(=O)O[C@H](c2ccccc2)[C@@H]1c1ccccc1)[Si](C)(C)C. The van der Waals surface area contributed by atoms with E-state index >= 15 is 0 Å². The van der Waals surface area contributed by atoms with Gasteiger partial charge in [-0.3, -0.25) is 4.90 Å². The van der Waals surface area contributed by atoms with E-state index in [1.54, 1.807) is 17.2 Å². The monoisotopic (exact) mass is 419 g/mol. The Bertz CT molecular complexity index is 957. The molecule has 156 valence electrons. The van der Waals surface area contributed by atoms with Crippen LogP contribution in [0.15, 0.2) is 89.9 Å². The quantitative estimate of drug-likeness (QED) is 0.367. The molecular formula is C25H29NO3Si. The lowest BCUT2D eigenvalue weighted by atomic mass is 9.96. The van der Waals surface area contributed by atoms with Crippen molar-refractivity contribution in [3.63, 3.8) is 0 Å². The summed E-state index contributed by atoms with van der Waals surface area (Å²) in [6, 6.07) is 19.3. The fourth-order valence-corrected chi connectivity index (χ4v) is 5.15. The Hall–Kier alpha value is -2.85. The molecule has 0 spiro atoms. The first-order valence-corrected chi connectivity index (χ1v) is 13.7. The molecule has 1 saturated heterocycles. The summed E-state index contributed by atoms with van der Waals surface area (Å²) in [5, 5.41) is 11.4. The summed E-state index contributed by atoms with van der Waals surface area (Å²) in [4.78, 5) is 14.5. The molecule has 1 fully saturated rings. The number of carbonyl (C=O) groups excluding carboxylic acids is 1. The number of aliphatic hydroxyl groups is 1. The molecule has 30 heavy (non-hydrogen) atoms. The standard InChI is InChI=1S/C25H29NO3Si/c1-5-12-21(27)22(30(2,3)4)17-18-26-23(19-13-8-6-9-14-19)24(29-25(26)28)20-15-10-7-11-16-20/h5-16,18,21,23-24,27H,1-4H3/b12-5+/t17?,21-,23+,24-/m1/s1. The van der Waals surface area contributed by atoms with E-state index in [2.05, 4.69) is 25.4 Å². The molecule has 1 heterocycles. The predicted molar refractivity (Wildman–Crippen MR) is 122 cm³/mol. The zero-order valence-corrected chi connectivity index (χ0v) is 18.9. The number of rotatable bonds is 6. The number of carbonyl (C=O) groups is 1. The molecule has 0 bridgehead atoms. The summed E-state index contributed by atoms with van der Waals surface area (Å²) < 4.78 is 5.79. The van der Waals surface area contributed by atoms with Crippen LogP contribution in [0.25, 0.3) is 0 Å². The summed E-state index contributed by atoms with van der Waals surface area (Å²) in [6.07, 6.45) is 3.68. The molecule has 3 rings (SSSR count). The fourth-order valence-electron chi connectivity index (χ4n) is 3.67. The Morgan fingerprint density at radius 3 is 2.17 bits per heavy atom. The predicted octanol–water partition coefficient (Wildman–Crippen LogP) is 5.77. The van der Waals surface area contributed by atoms with E-state index < -0.39 is 26.4 Å². The van der Waals surface area contributed by atoms with Crippen molar-refractivity contribution in [2.24, 2.45) is 0 Å². The van der Waals surface area contributed by atoms with E-state index in [0.29, 0.717) is 0 Å². The maximum atomic E-state index is 12.9. The first kappa shape index (κ1) is 21.8. The van der Waals surface area contributed by atoms with Crippen LogP contribution < -0.4 is 0 Å². The lowest BCUT2D eigenvalue weighted by molar-refractivity contribution is 0.131. The maximum Gasteiger partial charge on any atom is 0.415 e. The average molecular weight is 420 g/mol. The van der Waals surface area contributed by atoms with Gasteiger partial charge in [0, 0.05) is 0 Å². The molecule has 0 radical (unpaired) electrons. The van der Waals surface area contributed by atoms with Gasteiger partial charge < -0.3 is 9.84 Å². The van der Waals surface area contributed by atoms with Gasteiger partial charge in [-0.25, -0.2) is 4.79 Å². The molecule has 0 saturated carbocycles. The van der Waals surface area contributed by atoms with Crippen LogP contribution in [0.1, 0.15) is 30.2 Å². The zero-order chi connectivity index (χ0) is 21.7. The molecule has 2 aromatic carbocycles. The normalized spacial score (nSPS) is 20.0. The van der Waals surface area contributed by atoms with Gasteiger partial charge in [-0.05, 0) is 23.2 Å². The van der Waals surface area contributed by atoms with Gasteiger partial charge in [0.05, 0.1) is 20.4 Å². The number of hydrogen-bond donors (Lipinski definition) is 1. The molecular weight excluding hydrogens is 390 g/mol. The van der Waals surface area contributed by atoms with Crippen LogP contribution in [0.4, 0.5) is 4.79 Å². The van der Waals surface area contributed by atoms with Crippen molar-refractivity contribution in [3.8, 4) is 0 Å². The van der Waals surface area contributed by atoms with Gasteiger partial charge in [-0.15, -0.1) is 5.73 Å². The molecule has 1 amide bonds. The van der Waals surface area contributed by atoms with Gasteiger partial charge in [0.25, 0.3) is 0 Å². The molecule has 1 N–H and O–H groups in total. The van der Waals surface area contributed by atoms with Crippen molar-refractivity contribution in [3.05, 3.63) is 101 Å². The Labute approximate surface area is 179 Å². The van der Waals surface area contributed by atoms with Crippen molar-refractivity contribution in [1.29, 1.82) is 0 Å². The van der Waals surface area contributed by atoms with E-state index in [0.717, 1.165) is 16.3 Å². The van der Waals surface area contributed by atoms with Crippen LogP contribution in [0, 0.1) is 0 Å². The molecule has 3 atom stereocenters. The van der Waals surface area contributed by atoms with Crippen molar-refractivity contribution in [2.75, 3.05) is 0 Å². The topological polar surface area (TPSA) is 49.8 Å². The Kier molecular flexibility index (Phi) is 6.78. The highest BCUT2D eigenvalue weighted by Crippen LogP contribution is 2.43. The van der Waals surface area contributed by atoms with E-state index in [1.807, 2.05) is 73.7 Å². The van der Waals surface area contributed by atoms with Crippen molar-refractivity contribution in [1.82, 2.24) is 4.90 Å². The van der Waals surface area contributed by atoms with Gasteiger partial charge in [-0.2, -0.15) is 0 Å². The second kappa shape index (κ2) is 9.31. The molecule has 1 aliphatic heterocycles. The van der Waals surface area contributed by atoms with Crippen molar-refractivity contribution < 1.29 is 14.6 Å². The first-order chi connectivity index (χ1) is 14.3. The molecule has 0 aliphatic carbocycles. The third kappa shape index (κ3) is 4.82. The second-order valence-corrected chi connectivity index (χ2v) is 13.4. The van der Waals surface area contributed by atoms with Gasteiger partial charge in [0.1, 0.15) is 6.04 Å². The minimum absolute atomic E-state index is 0.310. The Morgan fingerprint density at radius 2 is 1.63 bits per heavy atom. The minimum Gasteiger partial charge on any atom is -0.438 e. The highest BCUT2D eigenvalue weighted by molar-refractivity contribution is 6.83. The van der Waals surface area contributed by atoms with Crippen LogP contribution in [0.2, 0.25) is 19.6 Å². The van der Waals surface area contributed by atoms with E-state index in [9.17, 15) is 9.90 Å². The number of amides is 1. The average Bonchev–Trinajstić information content (AvgIpc) is 3.05. The molecule has 2 aromatic rings. The number of allylic oxidation sites excluding steroid dienone is 1. The molecule has 4 nitrogen and oxygen atoms in total. The van der Waals surface area contributed by atoms with Gasteiger partial charge >= 0.3 is 6.09 Å². The van der Waals surface area contributed by atoms with Gasteiger partial charge in [0.2, 0.25) is 0 Å². The highest BCUT2D eigenvalue weighted by atomic mass is 28.3. The molecule has 0 aromatic heterocycles. The number of benzene rings is 2. The highest BCUT2D eigenvalue weighted by Gasteiger charge is 2.42. The second-order valence-electron chi connectivity index (χ2n) is 8.39. The van der Waals surface area contributed by atoms with Crippen LogP contribution in [-0.4, -0.2) is 30.3 Å². The Morgan fingerprint density at radius 1 is 1.07 bits per heavy atom. The number of hydrogen-bond acceptors (Lipinski definition) is 3. The van der Waals surface area contributed by atoms with E-state index in [-0.39, 0.29) is 6.04 Å². The van der Waals surface area contributed by atoms with Crippen molar-refractivity contribution >= 4 is 14.2 Å². The summed E-state index contributed by atoms with van der Waals surface area (Å²) in [7, 11) is -1.87. The van der Waals surface area contributed by atoms with Gasteiger partial charge in [0.15, 0.2) is 6.10 Å². The smallest absolute Gasteiger partial charge is 0.415 e. The van der Waals surface area contributed by atoms with E-state index in [4.69, 9.17) is 4.74 Å². The number of ether oxygens (including phenoxy) is 1. The third-order valence-corrected chi connectivity index (χ3v) is 7.19. The molecule has 0 unspecified atom stereocenters. The lowest BCUT2D eigenvalue weighted by Gasteiger charge is -2.24. The largest absolute Gasteiger partial charge is 0.438 e. The third-order valence-electron chi connectivity index (χ3n) is 5.13. The first-order valence-electron chi connectivity index (χ1n) is 10.2. The summed E-state index contributed by atoms with van der Waals surface area (Å²) >= 11 is 0. The summed E-state index contributed by atoms with van der Waals surface area (Å²) in [5.74, 6) is 0. The minimum atomic E-state index is -1.87. The van der Waals surface area contributed by atoms with Crippen LogP contribution in [-0.2, 0) is 4.74 Å². The number of aliphatic hydroxyl groups excluding tert-OH is 1. The molecule has 5 heteroatoms.